The monoisotopic (exact) mass is 381 g/mol. The third-order valence-corrected chi connectivity index (χ3v) is 5.38. The Morgan fingerprint density at radius 1 is 1.11 bits per heavy atom. The molecule has 2 aromatic rings. The highest BCUT2D eigenvalue weighted by Crippen LogP contribution is 2.24. The van der Waals surface area contributed by atoms with Crippen molar-refractivity contribution in [1.29, 1.82) is 0 Å². The average molecular weight is 382 g/mol. The molecule has 6 heteroatoms. The van der Waals surface area contributed by atoms with E-state index in [1.807, 2.05) is 4.90 Å². The summed E-state index contributed by atoms with van der Waals surface area (Å²) in [6, 6.07) is 6.40. The zero-order valence-electron chi connectivity index (χ0n) is 17.4. The fourth-order valence-electron chi connectivity index (χ4n) is 3.41. The van der Waals surface area contributed by atoms with E-state index in [4.69, 9.17) is 0 Å². The molecule has 150 valence electrons. The van der Waals surface area contributed by atoms with Crippen LogP contribution in [0.25, 0.3) is 0 Å². The Balaban J connectivity index is 1.55. The van der Waals surface area contributed by atoms with Crippen LogP contribution in [0, 0.1) is 19.8 Å². The van der Waals surface area contributed by atoms with Gasteiger partial charge in [0.15, 0.2) is 0 Å². The molecule has 28 heavy (non-hydrogen) atoms. The van der Waals surface area contributed by atoms with Gasteiger partial charge in [-0.1, -0.05) is 26.0 Å². The van der Waals surface area contributed by atoms with Gasteiger partial charge in [-0.2, -0.15) is 0 Å². The number of piperazine rings is 1. The van der Waals surface area contributed by atoms with Crippen molar-refractivity contribution >= 4 is 17.4 Å². The minimum atomic E-state index is -0.0400. The van der Waals surface area contributed by atoms with Crippen LogP contribution >= 0.6 is 0 Å². The van der Waals surface area contributed by atoms with E-state index in [1.165, 1.54) is 16.8 Å². The molecule has 1 aliphatic heterocycles. The quantitative estimate of drug-likeness (QED) is 0.830. The third kappa shape index (κ3) is 4.80. The summed E-state index contributed by atoms with van der Waals surface area (Å²) in [6.45, 7) is 12.6. The molecule has 3 rings (SSSR count). The summed E-state index contributed by atoms with van der Waals surface area (Å²) in [5, 5.41) is 3.25. The van der Waals surface area contributed by atoms with Crippen LogP contribution in [0.1, 0.15) is 41.9 Å². The summed E-state index contributed by atoms with van der Waals surface area (Å²) >= 11 is 0. The van der Waals surface area contributed by atoms with Crippen LogP contribution in [0.4, 0.5) is 11.5 Å². The summed E-state index contributed by atoms with van der Waals surface area (Å²) in [6.07, 6.45) is 4.31. The molecule has 1 aliphatic rings. The first-order chi connectivity index (χ1) is 13.5. The molecule has 1 amide bonds. The number of nitrogens with one attached hydrogen (secondary N) is 1. The number of hydrogen-bond donors (Lipinski definition) is 1. The number of carbonyl (C=O) groups is 1. The minimum Gasteiger partial charge on any atom is -0.369 e. The summed E-state index contributed by atoms with van der Waals surface area (Å²) in [4.78, 5) is 25.7. The first-order valence-corrected chi connectivity index (χ1v) is 10.1. The molecule has 1 aromatic heterocycles. The molecule has 0 bridgehead atoms. The molecule has 0 spiro atoms. The third-order valence-electron chi connectivity index (χ3n) is 5.38. The lowest BCUT2D eigenvalue weighted by Crippen LogP contribution is -2.49. The van der Waals surface area contributed by atoms with Crippen molar-refractivity contribution in [1.82, 2.24) is 14.9 Å². The van der Waals surface area contributed by atoms with Crippen LogP contribution in [-0.2, 0) is 0 Å². The van der Waals surface area contributed by atoms with Gasteiger partial charge in [0.05, 0.1) is 12.4 Å². The van der Waals surface area contributed by atoms with E-state index < -0.39 is 0 Å². The van der Waals surface area contributed by atoms with E-state index in [-0.39, 0.29) is 5.91 Å². The number of benzene rings is 1. The Labute approximate surface area is 168 Å². The summed E-state index contributed by atoms with van der Waals surface area (Å²) in [5.74, 6) is 1.32. The second-order valence-corrected chi connectivity index (χ2v) is 7.89. The van der Waals surface area contributed by atoms with E-state index >= 15 is 0 Å². The van der Waals surface area contributed by atoms with Crippen molar-refractivity contribution in [2.75, 3.05) is 42.9 Å². The predicted molar refractivity (Wildman–Crippen MR) is 114 cm³/mol. The van der Waals surface area contributed by atoms with Crippen molar-refractivity contribution in [3.05, 3.63) is 47.4 Å². The molecule has 1 fully saturated rings. The SMILES string of the molecule is Cc1cccc(N2CCN(C(=O)c3cnc(NCCC(C)C)cn3)CC2)c1C. The summed E-state index contributed by atoms with van der Waals surface area (Å²) in [7, 11) is 0. The van der Waals surface area contributed by atoms with Crippen LogP contribution in [0.3, 0.4) is 0 Å². The van der Waals surface area contributed by atoms with E-state index in [1.54, 1.807) is 12.4 Å². The van der Waals surface area contributed by atoms with Crippen LogP contribution in [0.5, 0.6) is 0 Å². The molecule has 0 radical (unpaired) electrons. The first kappa shape index (κ1) is 20.1. The predicted octanol–water partition coefficient (Wildman–Crippen LogP) is 3.51. The maximum Gasteiger partial charge on any atom is 0.274 e. The fourth-order valence-corrected chi connectivity index (χ4v) is 3.41. The highest BCUT2D eigenvalue weighted by molar-refractivity contribution is 5.92. The number of aromatic nitrogens is 2. The van der Waals surface area contributed by atoms with E-state index in [9.17, 15) is 4.79 Å². The first-order valence-electron chi connectivity index (χ1n) is 10.1. The van der Waals surface area contributed by atoms with Crippen molar-refractivity contribution < 1.29 is 4.79 Å². The Hall–Kier alpha value is -2.63. The molecule has 0 saturated carbocycles. The number of amides is 1. The van der Waals surface area contributed by atoms with Crippen molar-refractivity contribution in [2.45, 2.75) is 34.1 Å². The van der Waals surface area contributed by atoms with Gasteiger partial charge < -0.3 is 15.1 Å². The van der Waals surface area contributed by atoms with E-state index in [0.29, 0.717) is 24.7 Å². The van der Waals surface area contributed by atoms with Gasteiger partial charge in [0.25, 0.3) is 5.91 Å². The van der Waals surface area contributed by atoms with Gasteiger partial charge in [-0.25, -0.2) is 9.97 Å². The lowest BCUT2D eigenvalue weighted by Gasteiger charge is -2.36. The van der Waals surface area contributed by atoms with Crippen molar-refractivity contribution in [3.8, 4) is 0 Å². The molecule has 0 unspecified atom stereocenters. The molecule has 1 saturated heterocycles. The Kier molecular flexibility index (Phi) is 6.49. The smallest absolute Gasteiger partial charge is 0.274 e. The zero-order valence-corrected chi connectivity index (χ0v) is 17.4. The highest BCUT2D eigenvalue weighted by Gasteiger charge is 2.24. The largest absolute Gasteiger partial charge is 0.369 e. The Morgan fingerprint density at radius 2 is 1.86 bits per heavy atom. The number of nitrogens with zero attached hydrogens (tertiary/aromatic N) is 4. The molecule has 0 atom stereocenters. The lowest BCUT2D eigenvalue weighted by atomic mass is 10.1. The molecule has 0 aliphatic carbocycles. The average Bonchev–Trinajstić information content (AvgIpc) is 2.70. The lowest BCUT2D eigenvalue weighted by molar-refractivity contribution is 0.0740. The maximum absolute atomic E-state index is 12.8. The van der Waals surface area contributed by atoms with Gasteiger partial charge in [-0.3, -0.25) is 4.79 Å². The number of rotatable bonds is 6. The molecule has 6 nitrogen and oxygen atoms in total. The fraction of sp³-hybridized carbons (Fsp3) is 0.500. The Morgan fingerprint density at radius 3 is 2.50 bits per heavy atom. The summed E-state index contributed by atoms with van der Waals surface area (Å²) < 4.78 is 0. The van der Waals surface area contributed by atoms with Crippen LogP contribution in [-0.4, -0.2) is 53.5 Å². The van der Waals surface area contributed by atoms with Crippen molar-refractivity contribution in [2.24, 2.45) is 5.92 Å². The van der Waals surface area contributed by atoms with Gasteiger partial charge in [0.1, 0.15) is 11.5 Å². The standard InChI is InChI=1S/C22H31N5O/c1-16(2)8-9-23-21-15-24-19(14-25-21)22(28)27-12-10-26(11-13-27)20-7-5-6-17(3)18(20)4/h5-7,14-16H,8-13H2,1-4H3,(H,23,25). The molecule has 2 heterocycles. The van der Waals surface area contributed by atoms with Crippen LogP contribution in [0.2, 0.25) is 0 Å². The molecule has 1 N–H and O–H groups in total. The van der Waals surface area contributed by atoms with Gasteiger partial charge in [0, 0.05) is 38.4 Å². The van der Waals surface area contributed by atoms with E-state index in [0.717, 1.165) is 31.9 Å². The molecular formula is C22H31N5O. The zero-order chi connectivity index (χ0) is 20.1. The number of aryl methyl sites for hydroxylation is 1. The summed E-state index contributed by atoms with van der Waals surface area (Å²) in [5.41, 5.74) is 4.29. The Bertz CT molecular complexity index is 795. The van der Waals surface area contributed by atoms with E-state index in [2.05, 4.69) is 66.1 Å². The van der Waals surface area contributed by atoms with Crippen LogP contribution in [0.15, 0.2) is 30.6 Å². The van der Waals surface area contributed by atoms with Crippen molar-refractivity contribution in [3.63, 3.8) is 0 Å². The minimum absolute atomic E-state index is 0.0400. The normalized spacial score (nSPS) is 14.5. The second-order valence-electron chi connectivity index (χ2n) is 7.89. The number of carbonyl (C=O) groups excluding carboxylic acids is 1. The van der Waals surface area contributed by atoms with Gasteiger partial charge in [0.2, 0.25) is 0 Å². The highest BCUT2D eigenvalue weighted by atomic mass is 16.2. The maximum atomic E-state index is 12.8. The van der Waals surface area contributed by atoms with Gasteiger partial charge >= 0.3 is 0 Å². The molecule has 1 aromatic carbocycles. The van der Waals surface area contributed by atoms with Crippen LogP contribution < -0.4 is 10.2 Å². The van der Waals surface area contributed by atoms with Gasteiger partial charge in [-0.15, -0.1) is 0 Å². The number of hydrogen-bond acceptors (Lipinski definition) is 5. The topological polar surface area (TPSA) is 61.4 Å². The van der Waals surface area contributed by atoms with Gasteiger partial charge in [-0.05, 0) is 43.4 Å². The molecular weight excluding hydrogens is 350 g/mol. The second kappa shape index (κ2) is 9.04. The number of anilines is 2.